The van der Waals surface area contributed by atoms with Gasteiger partial charge in [0.25, 0.3) is 0 Å². The smallest absolute Gasteiger partial charge is 0.0995 e. The van der Waals surface area contributed by atoms with Gasteiger partial charge in [-0.05, 0) is 46.2 Å². The van der Waals surface area contributed by atoms with E-state index in [1.807, 2.05) is 6.34 Å². The molecule has 4 aromatic carbocycles. The third-order valence-electron chi connectivity index (χ3n) is 6.26. The Bertz CT molecular complexity index is 1220. The average molecular weight is 493 g/mol. The van der Waals surface area contributed by atoms with Gasteiger partial charge < -0.3 is 4.67 Å². The van der Waals surface area contributed by atoms with Gasteiger partial charge in [-0.15, -0.1) is 0 Å². The largest absolute Gasteiger partial charge is 0.302 e. The molecule has 0 amide bonds. The average Bonchev–Trinajstić information content (AvgIpc) is 2.87. The lowest BCUT2D eigenvalue weighted by molar-refractivity contribution is 0.590. The first-order valence-corrected chi connectivity index (χ1v) is 13.9. The summed E-state index contributed by atoms with van der Waals surface area (Å²) in [6, 6.07) is 39.1. The van der Waals surface area contributed by atoms with Crippen molar-refractivity contribution in [1.29, 1.82) is 0 Å². The summed E-state index contributed by atoms with van der Waals surface area (Å²) in [4.78, 5) is 4.97. The number of rotatable bonds is 6. The maximum atomic E-state index is 4.97. The summed E-state index contributed by atoms with van der Waals surface area (Å²) >= 11 is 0. The van der Waals surface area contributed by atoms with E-state index in [2.05, 4.69) is 155 Å². The van der Waals surface area contributed by atoms with E-state index in [1.54, 1.807) is 0 Å². The highest BCUT2D eigenvalue weighted by Crippen LogP contribution is 2.42. The minimum atomic E-state index is -0.865. The molecule has 0 spiro atoms. The van der Waals surface area contributed by atoms with Gasteiger partial charge in [0.1, 0.15) is 0 Å². The zero-order valence-electron chi connectivity index (χ0n) is 22.3. The Kier molecular flexibility index (Phi) is 7.76. The number of aliphatic imine (C=N–C) groups is 1. The number of anilines is 1. The molecule has 0 saturated carbocycles. The molecule has 0 radical (unpaired) electrons. The van der Waals surface area contributed by atoms with Gasteiger partial charge >= 0.3 is 0 Å². The van der Waals surface area contributed by atoms with Crippen LogP contribution in [0.2, 0.25) is 0 Å². The van der Waals surface area contributed by atoms with Crippen molar-refractivity contribution in [1.82, 2.24) is 0 Å². The van der Waals surface area contributed by atoms with Crippen LogP contribution in [-0.4, -0.2) is 6.34 Å². The van der Waals surface area contributed by atoms with Crippen LogP contribution in [0.3, 0.4) is 0 Å². The summed E-state index contributed by atoms with van der Waals surface area (Å²) < 4.78 is 2.35. The SMILES string of the molecule is CC(C)(C)c1ccc(/N=C/N(c2ccc(C(C)(C)C)cc2)P(c2ccccc2)c2ccccc2)cc1. The van der Waals surface area contributed by atoms with Gasteiger partial charge in [0, 0.05) is 16.3 Å². The first-order valence-electron chi connectivity index (χ1n) is 12.6. The van der Waals surface area contributed by atoms with E-state index in [4.69, 9.17) is 4.99 Å². The van der Waals surface area contributed by atoms with Crippen molar-refractivity contribution in [3.63, 3.8) is 0 Å². The summed E-state index contributed by atoms with van der Waals surface area (Å²) in [6.45, 7) is 13.5. The second-order valence-corrected chi connectivity index (χ2v) is 13.3. The highest BCUT2D eigenvalue weighted by atomic mass is 31.1. The van der Waals surface area contributed by atoms with Gasteiger partial charge in [0.15, 0.2) is 0 Å². The first kappa shape index (κ1) is 25.9. The molecule has 0 heterocycles. The molecular weight excluding hydrogens is 455 g/mol. The summed E-state index contributed by atoms with van der Waals surface area (Å²) in [5.74, 6) is 0. The summed E-state index contributed by atoms with van der Waals surface area (Å²) in [5.41, 5.74) is 4.96. The van der Waals surface area contributed by atoms with E-state index in [0.29, 0.717) is 0 Å². The first-order chi connectivity index (χ1) is 17.1. The van der Waals surface area contributed by atoms with Gasteiger partial charge in [-0.25, -0.2) is 4.99 Å². The molecular formula is C33H37N2P. The van der Waals surface area contributed by atoms with E-state index < -0.39 is 8.07 Å². The molecule has 0 aliphatic rings. The van der Waals surface area contributed by atoms with Crippen LogP contribution < -0.4 is 15.3 Å². The fourth-order valence-corrected chi connectivity index (χ4v) is 6.28. The standard InChI is InChI=1S/C33H37N2P/c1-32(2,3)26-17-21-28(22-18-26)34-25-35(29-23-19-27(20-24-29)33(4,5)6)36(30-13-9-7-10-14-30)31-15-11-8-12-16-31/h7-25H,1-6H3/b34-25+. The Labute approximate surface area is 218 Å². The molecule has 4 aromatic rings. The fourth-order valence-electron chi connectivity index (χ4n) is 4.05. The second-order valence-electron chi connectivity index (χ2n) is 11.2. The summed E-state index contributed by atoms with van der Waals surface area (Å²) in [5, 5.41) is 2.57. The quantitative estimate of drug-likeness (QED) is 0.150. The van der Waals surface area contributed by atoms with Gasteiger partial charge in [-0.2, -0.15) is 0 Å². The molecule has 0 saturated heterocycles. The number of hydrogen-bond donors (Lipinski definition) is 0. The highest BCUT2D eigenvalue weighted by Gasteiger charge is 2.23. The zero-order chi connectivity index (χ0) is 25.8. The van der Waals surface area contributed by atoms with Crippen molar-refractivity contribution in [2.75, 3.05) is 4.67 Å². The number of benzene rings is 4. The van der Waals surface area contributed by atoms with Crippen LogP contribution in [0, 0.1) is 0 Å². The second kappa shape index (κ2) is 10.8. The lowest BCUT2D eigenvalue weighted by Gasteiger charge is -2.31. The lowest BCUT2D eigenvalue weighted by Crippen LogP contribution is -2.27. The van der Waals surface area contributed by atoms with E-state index in [9.17, 15) is 0 Å². The number of nitrogens with zero attached hydrogens (tertiary/aromatic N) is 2. The maximum absolute atomic E-state index is 4.97. The fraction of sp³-hybridized carbons (Fsp3) is 0.242. The predicted molar refractivity (Wildman–Crippen MR) is 160 cm³/mol. The van der Waals surface area contributed by atoms with E-state index in [1.165, 1.54) is 21.7 Å². The molecule has 4 rings (SSSR count). The van der Waals surface area contributed by atoms with Gasteiger partial charge in [0.05, 0.1) is 20.1 Å². The Morgan fingerprint density at radius 1 is 0.556 bits per heavy atom. The molecule has 0 bridgehead atoms. The van der Waals surface area contributed by atoms with Crippen LogP contribution in [0.5, 0.6) is 0 Å². The zero-order valence-corrected chi connectivity index (χ0v) is 23.2. The third kappa shape index (κ3) is 6.31. The van der Waals surface area contributed by atoms with E-state index >= 15 is 0 Å². The van der Waals surface area contributed by atoms with Crippen LogP contribution in [-0.2, 0) is 10.8 Å². The highest BCUT2D eigenvalue weighted by molar-refractivity contribution is 7.75. The molecule has 184 valence electrons. The third-order valence-corrected chi connectivity index (χ3v) is 8.60. The van der Waals surface area contributed by atoms with E-state index in [0.717, 1.165) is 11.4 Å². The van der Waals surface area contributed by atoms with Crippen molar-refractivity contribution in [2.24, 2.45) is 4.99 Å². The Balaban J connectivity index is 1.80. The van der Waals surface area contributed by atoms with Gasteiger partial charge in [-0.1, -0.05) is 126 Å². The molecule has 0 N–H and O–H groups in total. The van der Waals surface area contributed by atoms with Gasteiger partial charge in [0.2, 0.25) is 0 Å². The van der Waals surface area contributed by atoms with Crippen molar-refractivity contribution >= 4 is 36.4 Å². The maximum Gasteiger partial charge on any atom is 0.0995 e. The number of hydrogen-bond acceptors (Lipinski definition) is 1. The minimum Gasteiger partial charge on any atom is -0.302 e. The molecule has 0 aromatic heterocycles. The normalized spacial score (nSPS) is 12.3. The molecule has 3 heteroatoms. The minimum absolute atomic E-state index is 0.107. The van der Waals surface area contributed by atoms with E-state index in [-0.39, 0.29) is 10.8 Å². The van der Waals surface area contributed by atoms with Crippen molar-refractivity contribution in [3.8, 4) is 0 Å². The summed E-state index contributed by atoms with van der Waals surface area (Å²) in [7, 11) is -0.865. The van der Waals surface area contributed by atoms with Crippen LogP contribution in [0.25, 0.3) is 0 Å². The van der Waals surface area contributed by atoms with Crippen LogP contribution >= 0.6 is 8.07 Å². The van der Waals surface area contributed by atoms with Crippen LogP contribution in [0.15, 0.2) is 114 Å². The molecule has 0 atom stereocenters. The molecule has 0 fully saturated rings. The topological polar surface area (TPSA) is 15.6 Å². The Morgan fingerprint density at radius 3 is 1.39 bits per heavy atom. The van der Waals surface area contributed by atoms with Crippen molar-refractivity contribution in [2.45, 2.75) is 52.4 Å². The molecule has 2 nitrogen and oxygen atoms in total. The monoisotopic (exact) mass is 492 g/mol. The molecule has 0 aliphatic carbocycles. The van der Waals surface area contributed by atoms with Crippen molar-refractivity contribution in [3.05, 3.63) is 120 Å². The van der Waals surface area contributed by atoms with Crippen molar-refractivity contribution < 1.29 is 0 Å². The predicted octanol–water partition coefficient (Wildman–Crippen LogP) is 8.50. The lowest BCUT2D eigenvalue weighted by atomic mass is 9.87. The molecule has 0 unspecified atom stereocenters. The van der Waals surface area contributed by atoms with Crippen LogP contribution in [0.1, 0.15) is 52.7 Å². The molecule has 0 aliphatic heterocycles. The van der Waals surface area contributed by atoms with Crippen LogP contribution in [0.4, 0.5) is 11.4 Å². The Hall–Kier alpha value is -3.22. The Morgan fingerprint density at radius 2 is 0.972 bits per heavy atom. The summed E-state index contributed by atoms with van der Waals surface area (Å²) in [6.07, 6.45) is 2.02. The van der Waals surface area contributed by atoms with Gasteiger partial charge in [-0.3, -0.25) is 0 Å². The molecule has 36 heavy (non-hydrogen) atoms.